The standard InChI is InChI=1S/C6F5.HI.Mg/c7-2-1-3(8)5(10)6(11)4(2)9;;/h;1H;/q;;+1/p-1. The van der Waals surface area contributed by atoms with Gasteiger partial charge in [0.25, 0.3) is 0 Å². The molecule has 7 heteroatoms. The molecule has 0 aliphatic heterocycles. The lowest BCUT2D eigenvalue weighted by Gasteiger charge is -2.04. The van der Waals surface area contributed by atoms with Gasteiger partial charge in [0.1, 0.15) is 11.6 Å². The molecule has 0 saturated carbocycles. The number of benzene rings is 1. The largest absolute Gasteiger partial charge is 0.512 e. The molecule has 0 bridgehead atoms. The fraction of sp³-hybridized carbons (Fsp3) is 0. The molecule has 0 amide bonds. The summed E-state index contributed by atoms with van der Waals surface area (Å²) >= 11 is 0.201. The maximum Gasteiger partial charge on any atom is 0.512 e. The minimum atomic E-state index is -2.10. The van der Waals surface area contributed by atoms with Crippen molar-refractivity contribution in [3.05, 3.63) is 29.1 Å². The molecule has 0 radical (unpaired) electrons. The summed E-state index contributed by atoms with van der Waals surface area (Å²) in [5, 5.41) is 0. The third-order valence-electron chi connectivity index (χ3n) is 1.43. The highest BCUT2D eigenvalue weighted by Gasteiger charge is 2.24. The van der Waals surface area contributed by atoms with Crippen molar-refractivity contribution in [1.29, 1.82) is 0 Å². The van der Waals surface area contributed by atoms with Crippen LogP contribution in [0.3, 0.4) is 0 Å². The zero-order valence-electron chi connectivity index (χ0n) is 5.97. The topological polar surface area (TPSA) is 0 Å². The summed E-state index contributed by atoms with van der Waals surface area (Å²) in [6.07, 6.45) is 0. The van der Waals surface area contributed by atoms with Gasteiger partial charge in [-0.15, -0.1) is 0 Å². The van der Waals surface area contributed by atoms with Crippen molar-refractivity contribution in [2.24, 2.45) is 0 Å². The first-order valence-corrected chi connectivity index (χ1v) is 8.88. The summed E-state index contributed by atoms with van der Waals surface area (Å²) in [4.78, 5) is 0. The molecule has 0 aliphatic rings. The van der Waals surface area contributed by atoms with Crippen LogP contribution < -0.4 is 3.69 Å². The quantitative estimate of drug-likeness (QED) is 0.244. The maximum absolute atomic E-state index is 12.7. The Balaban J connectivity index is 3.56. The SMILES string of the molecule is Fc1c(F)c(F)[c]([Mg][I])c(F)c1F. The first kappa shape index (κ1) is 11.4. The van der Waals surface area contributed by atoms with E-state index in [1.54, 1.807) is 18.9 Å². The van der Waals surface area contributed by atoms with Gasteiger partial charge in [0, 0.05) is 0 Å². The van der Waals surface area contributed by atoms with Crippen LogP contribution >= 0.6 is 18.9 Å². The van der Waals surface area contributed by atoms with Crippen LogP contribution in [0.4, 0.5) is 22.0 Å². The van der Waals surface area contributed by atoms with Crippen molar-refractivity contribution in [3.63, 3.8) is 0 Å². The van der Waals surface area contributed by atoms with Gasteiger partial charge in [0.15, 0.2) is 17.5 Å². The van der Waals surface area contributed by atoms with E-state index >= 15 is 0 Å². The summed E-state index contributed by atoms with van der Waals surface area (Å²) in [5.41, 5.74) is 0. The Hall–Kier alpha value is 0.366. The number of rotatable bonds is 1. The Morgan fingerprint density at radius 1 is 0.692 bits per heavy atom. The number of hydrogen-bond acceptors (Lipinski definition) is 0. The second-order valence-electron chi connectivity index (χ2n) is 2.18. The van der Waals surface area contributed by atoms with Crippen LogP contribution in [0.1, 0.15) is 0 Å². The van der Waals surface area contributed by atoms with E-state index in [0.29, 0.717) is 0 Å². The molecule has 0 spiro atoms. The van der Waals surface area contributed by atoms with E-state index < -0.39 is 49.3 Å². The summed E-state index contributed by atoms with van der Waals surface area (Å²) in [6.45, 7) is 0. The fourth-order valence-corrected chi connectivity index (χ4v) is 3.32. The fourth-order valence-electron chi connectivity index (χ4n) is 0.768. The molecule has 1 aromatic carbocycles. The first-order valence-electron chi connectivity index (χ1n) is 3.07. The second kappa shape index (κ2) is 4.26. The van der Waals surface area contributed by atoms with Gasteiger partial charge in [-0.2, -0.15) is 0 Å². The maximum atomic E-state index is 12.7. The molecule has 13 heavy (non-hydrogen) atoms. The minimum absolute atomic E-state index is 0.656. The molecule has 0 unspecified atom stereocenters. The van der Waals surface area contributed by atoms with Crippen LogP contribution in [0.15, 0.2) is 0 Å². The van der Waals surface area contributed by atoms with Crippen LogP contribution in [0.2, 0.25) is 0 Å². The van der Waals surface area contributed by atoms with Crippen LogP contribution in [-0.2, 0) is 0 Å². The molecule has 68 valence electrons. The van der Waals surface area contributed by atoms with Gasteiger partial charge in [-0.05, 0) is 0 Å². The van der Waals surface area contributed by atoms with Crippen molar-refractivity contribution in [2.75, 3.05) is 0 Å². The lowest BCUT2D eigenvalue weighted by atomic mass is 10.3. The summed E-state index contributed by atoms with van der Waals surface area (Å²) in [6, 6.07) is 0. The molecule has 1 aromatic rings. The van der Waals surface area contributed by atoms with Crippen molar-refractivity contribution in [1.82, 2.24) is 0 Å². The van der Waals surface area contributed by atoms with Crippen LogP contribution in [-0.4, -0.2) is 16.5 Å². The predicted molar refractivity (Wildman–Crippen MR) is 45.6 cm³/mol. The molecule has 0 fully saturated rings. The third kappa shape index (κ3) is 1.91. The van der Waals surface area contributed by atoms with Crippen LogP contribution in [0.5, 0.6) is 0 Å². The highest BCUT2D eigenvalue weighted by atomic mass is 127. The van der Waals surface area contributed by atoms with Crippen molar-refractivity contribution >= 4 is 39.0 Å². The molecular weight excluding hydrogens is 318 g/mol. The average Bonchev–Trinajstić information content (AvgIpc) is 2.13. The van der Waals surface area contributed by atoms with E-state index in [9.17, 15) is 22.0 Å². The normalized spacial score (nSPS) is 10.0. The number of hydrogen-bond donors (Lipinski definition) is 0. The first-order chi connectivity index (χ1) is 6.00. The smallest absolute Gasteiger partial charge is 0.290 e. The van der Waals surface area contributed by atoms with Gasteiger partial charge in [-0.1, -0.05) is 3.69 Å². The lowest BCUT2D eigenvalue weighted by Crippen LogP contribution is -2.24. The van der Waals surface area contributed by atoms with E-state index in [4.69, 9.17) is 0 Å². The molecule has 0 nitrogen and oxygen atoms in total. The van der Waals surface area contributed by atoms with E-state index in [1.807, 2.05) is 0 Å². The monoisotopic (exact) mass is 318 g/mol. The second-order valence-corrected chi connectivity index (χ2v) is 5.44. The molecular formula is C6F5IMg. The summed E-state index contributed by atoms with van der Waals surface area (Å²) in [5.74, 6) is -9.22. The lowest BCUT2D eigenvalue weighted by molar-refractivity contribution is 0.384. The summed E-state index contributed by atoms with van der Waals surface area (Å²) in [7, 11) is 0. The molecule has 1 rings (SSSR count). The van der Waals surface area contributed by atoms with Gasteiger partial charge >= 0.3 is 16.5 Å². The van der Waals surface area contributed by atoms with Gasteiger partial charge in [-0.3, -0.25) is 18.9 Å². The van der Waals surface area contributed by atoms with Crippen molar-refractivity contribution in [2.45, 2.75) is 0 Å². The Kier molecular flexibility index (Phi) is 3.75. The van der Waals surface area contributed by atoms with E-state index in [2.05, 4.69) is 0 Å². The van der Waals surface area contributed by atoms with Gasteiger partial charge in [0.2, 0.25) is 0 Å². The Bertz CT molecular complexity index is 324. The molecule has 0 atom stereocenters. The van der Waals surface area contributed by atoms with Crippen molar-refractivity contribution < 1.29 is 22.0 Å². The molecule has 0 aliphatic carbocycles. The van der Waals surface area contributed by atoms with E-state index in [0.717, 1.165) is 0 Å². The zero-order valence-corrected chi connectivity index (χ0v) is 9.55. The van der Waals surface area contributed by atoms with Gasteiger partial charge in [0.05, 0.1) is 0 Å². The molecule has 0 saturated heterocycles. The van der Waals surface area contributed by atoms with Crippen LogP contribution in [0.25, 0.3) is 0 Å². The predicted octanol–water partition coefficient (Wildman–Crippen LogP) is 2.06. The van der Waals surface area contributed by atoms with Crippen LogP contribution in [0, 0.1) is 29.1 Å². The van der Waals surface area contributed by atoms with E-state index in [-0.39, 0.29) is 0 Å². The van der Waals surface area contributed by atoms with Crippen molar-refractivity contribution in [3.8, 4) is 0 Å². The minimum Gasteiger partial charge on any atom is -0.290 e. The molecule has 0 aromatic heterocycles. The van der Waals surface area contributed by atoms with Gasteiger partial charge < -0.3 is 0 Å². The van der Waals surface area contributed by atoms with E-state index in [1.165, 1.54) is 0 Å². The highest BCUT2D eigenvalue weighted by Crippen LogP contribution is 2.15. The third-order valence-corrected chi connectivity index (χ3v) is 4.61. The Morgan fingerprint density at radius 3 is 1.31 bits per heavy atom. The highest BCUT2D eigenvalue weighted by molar-refractivity contribution is 14.1. The Morgan fingerprint density at radius 2 is 1.00 bits per heavy atom. The summed E-state index contributed by atoms with van der Waals surface area (Å²) < 4.78 is 62.1. The zero-order chi connectivity index (χ0) is 10.2. The Labute approximate surface area is 89.6 Å². The molecule has 0 N–H and O–H groups in total. The number of halogens is 6. The molecule has 0 heterocycles. The average molecular weight is 318 g/mol. The van der Waals surface area contributed by atoms with Gasteiger partial charge in [-0.25, -0.2) is 22.0 Å².